The van der Waals surface area contributed by atoms with Gasteiger partial charge in [-0.3, -0.25) is 4.79 Å². The molecule has 0 aliphatic carbocycles. The van der Waals surface area contributed by atoms with Crippen molar-refractivity contribution < 1.29 is 13.6 Å². The maximum Gasteiger partial charge on any atom is 0.254 e. The second kappa shape index (κ2) is 8.82. The summed E-state index contributed by atoms with van der Waals surface area (Å²) in [6, 6.07) is 16.9. The topological polar surface area (TPSA) is 75.1 Å². The van der Waals surface area contributed by atoms with Crippen molar-refractivity contribution in [2.45, 2.75) is 43.8 Å². The van der Waals surface area contributed by atoms with Gasteiger partial charge >= 0.3 is 0 Å². The zero-order valence-corrected chi connectivity index (χ0v) is 20.4. The molecule has 6 rings (SSSR count). The third kappa shape index (κ3) is 3.89. The number of nitriles is 1. The summed E-state index contributed by atoms with van der Waals surface area (Å²) < 4.78 is 32.0. The van der Waals surface area contributed by atoms with Crippen LogP contribution in [0.5, 0.6) is 0 Å². The van der Waals surface area contributed by atoms with E-state index in [1.54, 1.807) is 30.3 Å². The summed E-state index contributed by atoms with van der Waals surface area (Å²) >= 11 is 0. The van der Waals surface area contributed by atoms with Crippen molar-refractivity contribution in [3.8, 4) is 28.3 Å². The highest BCUT2D eigenvalue weighted by Gasteiger charge is 2.42. The van der Waals surface area contributed by atoms with E-state index in [-0.39, 0.29) is 29.6 Å². The third-order valence-corrected chi connectivity index (χ3v) is 7.94. The highest BCUT2D eigenvalue weighted by Crippen LogP contribution is 2.39. The molecule has 4 aromatic rings. The fourth-order valence-electron chi connectivity index (χ4n) is 6.12. The first kappa shape index (κ1) is 23.4. The fourth-order valence-corrected chi connectivity index (χ4v) is 6.12. The number of hydrogen-bond donors (Lipinski definition) is 1. The van der Waals surface area contributed by atoms with Gasteiger partial charge in [0.05, 0.1) is 11.1 Å². The average Bonchev–Trinajstić information content (AvgIpc) is 3.38. The van der Waals surface area contributed by atoms with Gasteiger partial charge in [-0.1, -0.05) is 12.1 Å². The molecule has 0 radical (unpaired) electrons. The summed E-state index contributed by atoms with van der Waals surface area (Å²) in [6.45, 7) is 0. The van der Waals surface area contributed by atoms with E-state index in [1.165, 1.54) is 18.2 Å². The molecule has 2 fully saturated rings. The number of aryl methyl sites for hydroxylation is 1. The molecule has 7 heteroatoms. The number of nitrogens with zero attached hydrogens (tertiary/aromatic N) is 3. The Balaban J connectivity index is 1.50. The molecule has 186 valence electrons. The predicted molar refractivity (Wildman–Crippen MR) is 139 cm³/mol. The lowest BCUT2D eigenvalue weighted by molar-refractivity contribution is 0.0575. The molecule has 2 aliphatic rings. The lowest BCUT2D eigenvalue weighted by Crippen LogP contribution is -2.50. The highest BCUT2D eigenvalue weighted by molar-refractivity contribution is 5.99. The van der Waals surface area contributed by atoms with Gasteiger partial charge in [-0.25, -0.2) is 8.78 Å². The Labute approximate surface area is 213 Å². The molecular weight excluding hydrogens is 470 g/mol. The maximum atomic E-state index is 15.4. The van der Waals surface area contributed by atoms with Crippen molar-refractivity contribution in [3.05, 3.63) is 83.6 Å². The lowest BCUT2D eigenvalue weighted by atomic mass is 9.90. The molecule has 3 heterocycles. The Bertz CT molecular complexity index is 1590. The zero-order valence-electron chi connectivity index (χ0n) is 20.4. The second-order valence-electron chi connectivity index (χ2n) is 10.2. The number of aromatic nitrogens is 1. The van der Waals surface area contributed by atoms with Crippen molar-refractivity contribution in [3.63, 3.8) is 0 Å². The van der Waals surface area contributed by atoms with Crippen LogP contribution >= 0.6 is 0 Å². The van der Waals surface area contributed by atoms with Crippen molar-refractivity contribution in [1.82, 2.24) is 9.47 Å². The van der Waals surface area contributed by atoms with Gasteiger partial charge in [-0.05, 0) is 84.8 Å². The van der Waals surface area contributed by atoms with Crippen LogP contribution in [0.2, 0.25) is 0 Å². The Morgan fingerprint density at radius 1 is 0.946 bits per heavy atom. The smallest absolute Gasteiger partial charge is 0.254 e. The number of benzene rings is 3. The minimum absolute atomic E-state index is 0.0735. The van der Waals surface area contributed by atoms with E-state index in [1.807, 2.05) is 34.8 Å². The van der Waals surface area contributed by atoms with Crippen LogP contribution in [0.4, 0.5) is 8.78 Å². The van der Waals surface area contributed by atoms with E-state index in [0.717, 1.165) is 36.6 Å². The van der Waals surface area contributed by atoms with E-state index in [4.69, 9.17) is 5.73 Å². The van der Waals surface area contributed by atoms with Gasteiger partial charge in [0, 0.05) is 47.9 Å². The standard InChI is InChI=1S/C30H26F2N4O/c1-35-9-8-18-10-26(28(32)15-29(18)35)24-7-4-19(11-25(24)17-2-3-20(16-33)27(31)12-17)30(37)36-22-5-6-23(36)14-21(34)13-22/h2-4,7-12,15,21-23H,5-6,13-14,34H2,1H3/t21?,22-,23+. The van der Waals surface area contributed by atoms with Crippen LogP contribution in [-0.2, 0) is 7.05 Å². The quantitative estimate of drug-likeness (QED) is 0.392. The number of amides is 1. The fraction of sp³-hybridized carbons (Fsp3) is 0.267. The van der Waals surface area contributed by atoms with Gasteiger partial charge in [0.25, 0.3) is 5.91 Å². The molecule has 0 spiro atoms. The summed E-state index contributed by atoms with van der Waals surface area (Å²) in [4.78, 5) is 15.7. The highest BCUT2D eigenvalue weighted by atomic mass is 19.1. The van der Waals surface area contributed by atoms with Crippen LogP contribution in [0.1, 0.15) is 41.6 Å². The molecular formula is C30H26F2N4O. The number of piperidine rings is 1. The van der Waals surface area contributed by atoms with Crippen LogP contribution in [0.15, 0.2) is 60.8 Å². The molecule has 1 unspecified atom stereocenters. The van der Waals surface area contributed by atoms with Gasteiger partial charge in [-0.2, -0.15) is 5.26 Å². The molecule has 37 heavy (non-hydrogen) atoms. The Hall–Kier alpha value is -4.02. The summed E-state index contributed by atoms with van der Waals surface area (Å²) in [5, 5.41) is 10.1. The van der Waals surface area contributed by atoms with Crippen molar-refractivity contribution in [2.24, 2.45) is 12.8 Å². The van der Waals surface area contributed by atoms with Crippen molar-refractivity contribution >= 4 is 16.8 Å². The largest absolute Gasteiger partial charge is 0.350 e. The zero-order chi connectivity index (χ0) is 25.8. The molecule has 2 bridgehead atoms. The van der Waals surface area contributed by atoms with E-state index in [0.29, 0.717) is 27.8 Å². The van der Waals surface area contributed by atoms with E-state index >= 15 is 4.39 Å². The molecule has 2 N–H and O–H groups in total. The summed E-state index contributed by atoms with van der Waals surface area (Å²) in [6.07, 6.45) is 5.33. The van der Waals surface area contributed by atoms with Gasteiger partial charge in [0.15, 0.2) is 0 Å². The minimum Gasteiger partial charge on any atom is -0.350 e. The maximum absolute atomic E-state index is 15.4. The lowest BCUT2D eigenvalue weighted by Gasteiger charge is -2.38. The number of nitrogens with two attached hydrogens (primary N) is 1. The van der Waals surface area contributed by atoms with Crippen LogP contribution in [0.25, 0.3) is 33.2 Å². The third-order valence-electron chi connectivity index (χ3n) is 7.94. The van der Waals surface area contributed by atoms with Crippen LogP contribution < -0.4 is 5.73 Å². The van der Waals surface area contributed by atoms with Gasteiger partial charge in [0.2, 0.25) is 0 Å². The van der Waals surface area contributed by atoms with Crippen LogP contribution in [-0.4, -0.2) is 33.5 Å². The van der Waals surface area contributed by atoms with E-state index < -0.39 is 11.6 Å². The van der Waals surface area contributed by atoms with Gasteiger partial charge in [-0.15, -0.1) is 0 Å². The summed E-state index contributed by atoms with van der Waals surface area (Å²) in [5.41, 5.74) is 9.27. The summed E-state index contributed by atoms with van der Waals surface area (Å²) in [5.74, 6) is -1.16. The number of rotatable bonds is 3. The van der Waals surface area contributed by atoms with Gasteiger partial charge < -0.3 is 15.2 Å². The number of fused-ring (bicyclic) bond motifs is 3. The normalized spacial score (nSPS) is 20.8. The van der Waals surface area contributed by atoms with E-state index in [2.05, 4.69) is 0 Å². The molecule has 2 aliphatic heterocycles. The molecule has 1 amide bonds. The first-order chi connectivity index (χ1) is 17.8. The molecule has 2 saturated heterocycles. The first-order valence-corrected chi connectivity index (χ1v) is 12.5. The molecule has 1 aromatic heterocycles. The molecule has 5 nitrogen and oxygen atoms in total. The van der Waals surface area contributed by atoms with Crippen molar-refractivity contribution in [2.75, 3.05) is 0 Å². The first-order valence-electron chi connectivity index (χ1n) is 12.5. The summed E-state index contributed by atoms with van der Waals surface area (Å²) in [7, 11) is 1.85. The predicted octanol–water partition coefficient (Wildman–Crippen LogP) is 5.76. The van der Waals surface area contributed by atoms with E-state index in [9.17, 15) is 14.4 Å². The molecule has 0 saturated carbocycles. The second-order valence-corrected chi connectivity index (χ2v) is 10.2. The van der Waals surface area contributed by atoms with Crippen LogP contribution in [0, 0.1) is 23.0 Å². The number of carbonyl (C=O) groups excluding carboxylic acids is 1. The van der Waals surface area contributed by atoms with Crippen molar-refractivity contribution in [1.29, 1.82) is 5.26 Å². The average molecular weight is 497 g/mol. The monoisotopic (exact) mass is 496 g/mol. The SMILES string of the molecule is Cn1ccc2cc(-c3ccc(C(=O)N4[C@@H]5CC[C@H]4CC(N)C5)cc3-c3ccc(C#N)c(F)c3)c(F)cc21. The molecule has 3 atom stereocenters. The number of carbonyl (C=O) groups is 1. The Kier molecular flexibility index (Phi) is 5.58. The minimum atomic E-state index is -0.662. The van der Waals surface area contributed by atoms with Crippen LogP contribution in [0.3, 0.4) is 0 Å². The Morgan fingerprint density at radius 2 is 1.70 bits per heavy atom. The number of hydrogen-bond acceptors (Lipinski definition) is 3. The molecule has 3 aromatic carbocycles. The number of halogens is 2. The Morgan fingerprint density at radius 3 is 2.41 bits per heavy atom. The van der Waals surface area contributed by atoms with Gasteiger partial charge in [0.1, 0.15) is 17.7 Å².